The Balaban J connectivity index is 2.88. The SMILES string of the molecule is CNC(=O)Oc1ccc(C#N)c(C)c1. The summed E-state index contributed by atoms with van der Waals surface area (Å²) in [6.45, 7) is 1.79. The standard InChI is InChI=1S/C10H10N2O2/c1-7-5-9(14-10(13)12-2)4-3-8(7)6-11/h3-5H,1-2H3,(H,12,13). The molecule has 0 atom stereocenters. The second kappa shape index (κ2) is 4.28. The molecule has 0 aliphatic rings. The van der Waals surface area contributed by atoms with E-state index in [1.807, 2.05) is 6.07 Å². The molecular formula is C10H10N2O2. The Kier molecular flexibility index (Phi) is 3.08. The molecule has 1 rings (SSSR count). The van der Waals surface area contributed by atoms with Gasteiger partial charge in [0.25, 0.3) is 0 Å². The van der Waals surface area contributed by atoms with Gasteiger partial charge in [-0.25, -0.2) is 4.79 Å². The van der Waals surface area contributed by atoms with E-state index in [0.29, 0.717) is 11.3 Å². The molecular weight excluding hydrogens is 180 g/mol. The fourth-order valence-electron chi connectivity index (χ4n) is 0.983. The molecule has 0 spiro atoms. The Hall–Kier alpha value is -2.02. The summed E-state index contributed by atoms with van der Waals surface area (Å²) >= 11 is 0. The molecule has 0 aromatic heterocycles. The molecule has 1 aromatic rings. The van der Waals surface area contributed by atoms with Gasteiger partial charge in [-0.3, -0.25) is 0 Å². The van der Waals surface area contributed by atoms with E-state index in [1.54, 1.807) is 25.1 Å². The Bertz CT molecular complexity index is 394. The van der Waals surface area contributed by atoms with Crippen molar-refractivity contribution >= 4 is 6.09 Å². The van der Waals surface area contributed by atoms with Crippen LogP contribution in [0.25, 0.3) is 0 Å². The van der Waals surface area contributed by atoms with Crippen molar-refractivity contribution in [3.63, 3.8) is 0 Å². The van der Waals surface area contributed by atoms with Crippen molar-refractivity contribution in [2.24, 2.45) is 0 Å². The number of aryl methyl sites for hydroxylation is 1. The Morgan fingerprint density at radius 2 is 2.29 bits per heavy atom. The first-order chi connectivity index (χ1) is 6.67. The highest BCUT2D eigenvalue weighted by Crippen LogP contribution is 2.16. The van der Waals surface area contributed by atoms with Gasteiger partial charge in [0.2, 0.25) is 0 Å². The van der Waals surface area contributed by atoms with Gasteiger partial charge in [0.05, 0.1) is 11.6 Å². The van der Waals surface area contributed by atoms with Crippen molar-refractivity contribution in [2.45, 2.75) is 6.92 Å². The summed E-state index contributed by atoms with van der Waals surface area (Å²) < 4.78 is 4.88. The molecule has 1 amide bonds. The molecule has 14 heavy (non-hydrogen) atoms. The van der Waals surface area contributed by atoms with Crippen LogP contribution >= 0.6 is 0 Å². The van der Waals surface area contributed by atoms with Gasteiger partial charge in [-0.1, -0.05) is 0 Å². The fourth-order valence-corrected chi connectivity index (χ4v) is 0.983. The molecule has 0 radical (unpaired) electrons. The Labute approximate surface area is 82.1 Å². The minimum absolute atomic E-state index is 0.431. The molecule has 4 heteroatoms. The zero-order valence-corrected chi connectivity index (χ0v) is 8.00. The second-order valence-corrected chi connectivity index (χ2v) is 2.73. The van der Waals surface area contributed by atoms with Crippen molar-refractivity contribution in [1.82, 2.24) is 5.32 Å². The van der Waals surface area contributed by atoms with E-state index in [-0.39, 0.29) is 0 Å². The molecule has 1 aromatic carbocycles. The fraction of sp³-hybridized carbons (Fsp3) is 0.200. The smallest absolute Gasteiger partial charge is 0.410 e. The number of nitriles is 1. The van der Waals surface area contributed by atoms with E-state index in [1.165, 1.54) is 7.05 Å². The number of hydrogen-bond donors (Lipinski definition) is 1. The lowest BCUT2D eigenvalue weighted by Gasteiger charge is -2.04. The maximum absolute atomic E-state index is 10.8. The lowest BCUT2D eigenvalue weighted by molar-refractivity contribution is 0.203. The summed E-state index contributed by atoms with van der Waals surface area (Å²) in [6.07, 6.45) is -0.519. The number of hydrogen-bond acceptors (Lipinski definition) is 3. The molecule has 0 bridgehead atoms. The number of nitrogens with one attached hydrogen (secondary N) is 1. The van der Waals surface area contributed by atoms with Gasteiger partial charge in [0.15, 0.2) is 0 Å². The zero-order valence-electron chi connectivity index (χ0n) is 8.00. The van der Waals surface area contributed by atoms with E-state index < -0.39 is 6.09 Å². The van der Waals surface area contributed by atoms with E-state index in [0.717, 1.165) is 5.56 Å². The summed E-state index contributed by atoms with van der Waals surface area (Å²) in [7, 11) is 1.48. The monoisotopic (exact) mass is 190 g/mol. The van der Waals surface area contributed by atoms with Crippen LogP contribution in [-0.2, 0) is 0 Å². The van der Waals surface area contributed by atoms with Crippen molar-refractivity contribution in [1.29, 1.82) is 5.26 Å². The van der Waals surface area contributed by atoms with E-state index >= 15 is 0 Å². The van der Waals surface area contributed by atoms with Gasteiger partial charge in [-0.2, -0.15) is 5.26 Å². The largest absolute Gasteiger partial charge is 0.412 e. The van der Waals surface area contributed by atoms with E-state index in [2.05, 4.69) is 5.32 Å². The predicted octanol–water partition coefficient (Wildman–Crippen LogP) is 1.58. The average molecular weight is 190 g/mol. The number of nitrogens with zero attached hydrogens (tertiary/aromatic N) is 1. The van der Waals surface area contributed by atoms with E-state index in [9.17, 15) is 4.79 Å². The minimum atomic E-state index is -0.519. The molecule has 0 aliphatic carbocycles. The van der Waals surface area contributed by atoms with Crippen molar-refractivity contribution in [2.75, 3.05) is 7.05 Å². The summed E-state index contributed by atoms with van der Waals surface area (Å²) in [5.41, 5.74) is 1.36. The van der Waals surface area contributed by atoms with Gasteiger partial charge in [0, 0.05) is 7.05 Å². The molecule has 0 saturated heterocycles. The van der Waals surface area contributed by atoms with Gasteiger partial charge in [-0.05, 0) is 30.7 Å². The molecule has 72 valence electrons. The average Bonchev–Trinajstić information content (AvgIpc) is 2.18. The maximum Gasteiger partial charge on any atom is 0.412 e. The molecule has 0 saturated carbocycles. The molecule has 0 heterocycles. The molecule has 0 unspecified atom stereocenters. The van der Waals surface area contributed by atoms with Crippen LogP contribution in [0.4, 0.5) is 4.79 Å². The first-order valence-corrected chi connectivity index (χ1v) is 4.07. The molecule has 0 fully saturated rings. The third-order valence-electron chi connectivity index (χ3n) is 1.73. The topological polar surface area (TPSA) is 62.1 Å². The zero-order chi connectivity index (χ0) is 10.6. The second-order valence-electron chi connectivity index (χ2n) is 2.73. The van der Waals surface area contributed by atoms with Gasteiger partial charge < -0.3 is 10.1 Å². The Morgan fingerprint density at radius 3 is 2.79 bits per heavy atom. The highest BCUT2D eigenvalue weighted by molar-refractivity contribution is 5.70. The van der Waals surface area contributed by atoms with Crippen LogP contribution in [0.2, 0.25) is 0 Å². The predicted molar refractivity (Wildman–Crippen MR) is 51.0 cm³/mol. The lowest BCUT2D eigenvalue weighted by Crippen LogP contribution is -2.22. The first kappa shape index (κ1) is 10.1. The Morgan fingerprint density at radius 1 is 1.57 bits per heavy atom. The summed E-state index contributed by atoms with van der Waals surface area (Å²) in [4.78, 5) is 10.8. The van der Waals surface area contributed by atoms with Crippen LogP contribution in [0, 0.1) is 18.3 Å². The molecule has 4 nitrogen and oxygen atoms in total. The number of carbonyl (C=O) groups excluding carboxylic acids is 1. The van der Waals surface area contributed by atoms with Crippen molar-refractivity contribution in [3.8, 4) is 11.8 Å². The van der Waals surface area contributed by atoms with Gasteiger partial charge >= 0.3 is 6.09 Å². The van der Waals surface area contributed by atoms with Gasteiger partial charge in [0.1, 0.15) is 5.75 Å². The third-order valence-corrected chi connectivity index (χ3v) is 1.73. The number of amides is 1. The highest BCUT2D eigenvalue weighted by atomic mass is 16.5. The van der Waals surface area contributed by atoms with Gasteiger partial charge in [-0.15, -0.1) is 0 Å². The van der Waals surface area contributed by atoms with Crippen molar-refractivity contribution in [3.05, 3.63) is 29.3 Å². The highest BCUT2D eigenvalue weighted by Gasteiger charge is 2.03. The normalized spacial score (nSPS) is 8.93. The quantitative estimate of drug-likeness (QED) is 0.731. The minimum Gasteiger partial charge on any atom is -0.410 e. The van der Waals surface area contributed by atoms with Crippen LogP contribution < -0.4 is 10.1 Å². The molecule has 1 N–H and O–H groups in total. The lowest BCUT2D eigenvalue weighted by atomic mass is 10.1. The van der Waals surface area contributed by atoms with Crippen LogP contribution in [0.15, 0.2) is 18.2 Å². The first-order valence-electron chi connectivity index (χ1n) is 4.07. The third kappa shape index (κ3) is 2.23. The number of benzene rings is 1. The van der Waals surface area contributed by atoms with Crippen LogP contribution in [0.3, 0.4) is 0 Å². The number of carbonyl (C=O) groups is 1. The van der Waals surface area contributed by atoms with E-state index in [4.69, 9.17) is 10.00 Å². The van der Waals surface area contributed by atoms with Crippen LogP contribution in [0.1, 0.15) is 11.1 Å². The van der Waals surface area contributed by atoms with Crippen LogP contribution in [-0.4, -0.2) is 13.1 Å². The van der Waals surface area contributed by atoms with Crippen molar-refractivity contribution < 1.29 is 9.53 Å². The number of rotatable bonds is 1. The summed E-state index contributed by atoms with van der Waals surface area (Å²) in [6, 6.07) is 6.88. The number of ether oxygens (including phenoxy) is 1. The maximum atomic E-state index is 10.8. The summed E-state index contributed by atoms with van der Waals surface area (Å²) in [5, 5.41) is 11.0. The summed E-state index contributed by atoms with van der Waals surface area (Å²) in [5.74, 6) is 0.431. The van der Waals surface area contributed by atoms with Crippen LogP contribution in [0.5, 0.6) is 5.75 Å². The molecule has 0 aliphatic heterocycles.